The molecule has 4 atom stereocenters. The van der Waals surface area contributed by atoms with Crippen molar-refractivity contribution in [2.24, 2.45) is 4.99 Å². The Morgan fingerprint density at radius 1 is 1.00 bits per heavy atom. The first-order chi connectivity index (χ1) is 19.7. The number of nitrogens with zero attached hydrogens (tertiary/aromatic N) is 1. The first kappa shape index (κ1) is 32.7. The maximum atomic E-state index is 13.1. The van der Waals surface area contributed by atoms with Crippen molar-refractivity contribution in [3.8, 4) is 11.5 Å². The third kappa shape index (κ3) is 7.66. The summed E-state index contributed by atoms with van der Waals surface area (Å²) in [5.41, 5.74) is 1.19. The zero-order valence-corrected chi connectivity index (χ0v) is 25.0. The van der Waals surface area contributed by atoms with Gasteiger partial charge in [0.05, 0.1) is 6.61 Å². The summed E-state index contributed by atoms with van der Waals surface area (Å²) in [6.07, 6.45) is -2.65. The number of ether oxygens (including phenoxy) is 1. The minimum absolute atomic E-state index is 0.0671. The summed E-state index contributed by atoms with van der Waals surface area (Å²) >= 11 is 1.69. The van der Waals surface area contributed by atoms with E-state index in [-0.39, 0.29) is 34.3 Å². The van der Waals surface area contributed by atoms with Crippen molar-refractivity contribution in [3.05, 3.63) is 53.6 Å². The van der Waals surface area contributed by atoms with Crippen LogP contribution in [0.25, 0.3) is 0 Å². The molecule has 12 heteroatoms. The SMILES string of the molecule is CC1(c2ccc(O)cc2)CSc2cc(O)ccc2C1CCC1(CCCCS(=O)CCCC(F)(F)C(F)(F)F)N=CCO1. The summed E-state index contributed by atoms with van der Waals surface area (Å²) in [6.45, 7) is 2.58. The van der Waals surface area contributed by atoms with Crippen molar-refractivity contribution in [1.29, 1.82) is 0 Å². The van der Waals surface area contributed by atoms with Crippen LogP contribution < -0.4 is 0 Å². The highest BCUT2D eigenvalue weighted by atomic mass is 32.2. The number of alkyl halides is 5. The molecule has 2 aliphatic heterocycles. The van der Waals surface area contributed by atoms with Crippen LogP contribution in [0.1, 0.15) is 68.9 Å². The highest BCUT2D eigenvalue weighted by molar-refractivity contribution is 7.99. The number of fused-ring (bicyclic) bond motifs is 1. The minimum atomic E-state index is -5.59. The van der Waals surface area contributed by atoms with E-state index in [1.165, 1.54) is 0 Å². The fraction of sp³-hybridized carbons (Fsp3) is 0.567. The number of aliphatic imine (C=N–C) groups is 1. The van der Waals surface area contributed by atoms with E-state index < -0.39 is 41.5 Å². The molecule has 4 unspecified atom stereocenters. The lowest BCUT2D eigenvalue weighted by Crippen LogP contribution is -2.38. The number of thioether (sulfide) groups is 1. The van der Waals surface area contributed by atoms with Gasteiger partial charge in [0.1, 0.15) is 11.5 Å². The van der Waals surface area contributed by atoms with Crippen molar-refractivity contribution < 1.29 is 41.1 Å². The van der Waals surface area contributed by atoms with Gasteiger partial charge in [-0.25, -0.2) is 0 Å². The predicted molar refractivity (Wildman–Crippen MR) is 155 cm³/mol. The van der Waals surface area contributed by atoms with Crippen molar-refractivity contribution in [2.45, 2.75) is 85.9 Å². The molecule has 2 aromatic carbocycles. The van der Waals surface area contributed by atoms with E-state index in [0.29, 0.717) is 32.3 Å². The Morgan fingerprint density at radius 3 is 2.36 bits per heavy atom. The summed E-state index contributed by atoms with van der Waals surface area (Å²) in [5.74, 6) is -3.50. The van der Waals surface area contributed by atoms with E-state index in [0.717, 1.165) is 28.2 Å². The number of halogens is 5. The third-order valence-electron chi connectivity index (χ3n) is 8.24. The summed E-state index contributed by atoms with van der Waals surface area (Å²) < 4.78 is 81.5. The van der Waals surface area contributed by atoms with Gasteiger partial charge in [0.25, 0.3) is 0 Å². The Labute approximate surface area is 249 Å². The van der Waals surface area contributed by atoms with Crippen molar-refractivity contribution in [3.63, 3.8) is 0 Å². The summed E-state index contributed by atoms with van der Waals surface area (Å²) in [5, 5.41) is 19.9. The lowest BCUT2D eigenvalue weighted by Gasteiger charge is -2.44. The first-order valence-electron chi connectivity index (χ1n) is 14.0. The molecule has 0 aromatic heterocycles. The fourth-order valence-electron chi connectivity index (χ4n) is 5.77. The van der Waals surface area contributed by atoms with Crippen molar-refractivity contribution in [1.82, 2.24) is 0 Å². The molecular formula is C30H36F5NO4S2. The monoisotopic (exact) mass is 633 g/mol. The second kappa shape index (κ2) is 13.2. The van der Waals surface area contributed by atoms with Crippen LogP contribution in [0.5, 0.6) is 11.5 Å². The van der Waals surface area contributed by atoms with Gasteiger partial charge in [0, 0.05) is 51.0 Å². The van der Waals surface area contributed by atoms with Crippen LogP contribution in [0.2, 0.25) is 0 Å². The van der Waals surface area contributed by atoms with Gasteiger partial charge in [0.15, 0.2) is 5.72 Å². The van der Waals surface area contributed by atoms with E-state index in [9.17, 15) is 36.4 Å². The Hall–Kier alpha value is -2.18. The lowest BCUT2D eigenvalue weighted by molar-refractivity contribution is -0.284. The Balaban J connectivity index is 1.37. The maximum Gasteiger partial charge on any atom is 0.453 e. The van der Waals surface area contributed by atoms with Gasteiger partial charge in [-0.1, -0.05) is 25.1 Å². The first-order valence-corrected chi connectivity index (χ1v) is 16.4. The lowest BCUT2D eigenvalue weighted by atomic mass is 9.67. The Bertz CT molecular complexity index is 1270. The topological polar surface area (TPSA) is 79.1 Å². The summed E-state index contributed by atoms with van der Waals surface area (Å²) in [4.78, 5) is 5.70. The highest BCUT2D eigenvalue weighted by Gasteiger charge is 2.56. The van der Waals surface area contributed by atoms with E-state index in [1.807, 2.05) is 18.2 Å². The molecule has 0 saturated carbocycles. The van der Waals surface area contributed by atoms with Gasteiger partial charge in [-0.2, -0.15) is 22.0 Å². The van der Waals surface area contributed by atoms with Gasteiger partial charge in [0.2, 0.25) is 0 Å². The van der Waals surface area contributed by atoms with E-state index in [2.05, 4.69) is 11.9 Å². The maximum absolute atomic E-state index is 13.1. The van der Waals surface area contributed by atoms with Crippen molar-refractivity contribution in [2.75, 3.05) is 23.9 Å². The number of aromatic hydroxyl groups is 2. The molecule has 0 saturated heterocycles. The molecule has 2 N–H and O–H groups in total. The molecule has 42 heavy (non-hydrogen) atoms. The molecule has 232 valence electrons. The van der Waals surface area contributed by atoms with Crippen LogP contribution in [0.15, 0.2) is 52.4 Å². The minimum Gasteiger partial charge on any atom is -0.508 e. The molecule has 2 aliphatic rings. The van der Waals surface area contributed by atoms with Crippen molar-refractivity contribution >= 4 is 28.8 Å². The van der Waals surface area contributed by atoms with Crippen LogP contribution in [-0.4, -0.2) is 62.3 Å². The van der Waals surface area contributed by atoms with Crippen LogP contribution in [0.3, 0.4) is 0 Å². The molecule has 0 spiro atoms. The predicted octanol–water partition coefficient (Wildman–Crippen LogP) is 7.72. The number of rotatable bonds is 13. The van der Waals surface area contributed by atoms with Crippen LogP contribution in [0, 0.1) is 0 Å². The Kier molecular flexibility index (Phi) is 10.3. The average molecular weight is 634 g/mol. The number of hydrogen-bond donors (Lipinski definition) is 2. The third-order valence-corrected chi connectivity index (χ3v) is 11.1. The molecule has 4 rings (SSSR count). The molecule has 0 amide bonds. The van der Waals surface area contributed by atoms with E-state index in [4.69, 9.17) is 4.74 Å². The number of benzene rings is 2. The highest BCUT2D eigenvalue weighted by Crippen LogP contribution is 2.53. The summed E-state index contributed by atoms with van der Waals surface area (Å²) in [6, 6.07) is 12.7. The molecule has 2 heterocycles. The smallest absolute Gasteiger partial charge is 0.453 e. The van der Waals surface area contributed by atoms with Crippen LogP contribution in [0.4, 0.5) is 22.0 Å². The zero-order chi connectivity index (χ0) is 30.6. The number of unbranched alkanes of at least 4 members (excludes halogenated alkanes) is 1. The fourth-order valence-corrected chi connectivity index (χ4v) is 8.37. The van der Waals surface area contributed by atoms with Gasteiger partial charge in [-0.15, -0.1) is 11.8 Å². The molecule has 2 aromatic rings. The van der Waals surface area contributed by atoms with E-state index in [1.54, 1.807) is 42.2 Å². The standard InChI is InChI=1S/C30H36F5NO4S2/c1-27(21-5-7-22(37)8-6-21)20-41-26-19-23(38)9-10-24(26)25(27)11-14-28(36-15-16-40-28)12-2-3-17-42(39)18-4-13-29(31,32)30(33,34)35/h5-10,15,19,25,37-38H,2-4,11-14,16-18,20H2,1H3. The zero-order valence-electron chi connectivity index (χ0n) is 23.3. The van der Waals surface area contributed by atoms with Gasteiger partial charge < -0.3 is 14.9 Å². The van der Waals surface area contributed by atoms with Gasteiger partial charge >= 0.3 is 12.1 Å². The summed E-state index contributed by atoms with van der Waals surface area (Å²) in [7, 11) is -1.49. The molecule has 0 fully saturated rings. The molecule has 5 nitrogen and oxygen atoms in total. The van der Waals surface area contributed by atoms with Gasteiger partial charge in [-0.3, -0.25) is 9.20 Å². The number of phenolic OH excluding ortho intramolecular Hbond substituents is 2. The quantitative estimate of drug-likeness (QED) is 0.175. The van der Waals surface area contributed by atoms with Gasteiger partial charge in [-0.05, 0) is 79.8 Å². The molecular weight excluding hydrogens is 597 g/mol. The average Bonchev–Trinajstić information content (AvgIpc) is 3.39. The van der Waals surface area contributed by atoms with Crippen LogP contribution in [-0.2, 0) is 21.0 Å². The largest absolute Gasteiger partial charge is 0.508 e. The second-order valence-electron chi connectivity index (χ2n) is 11.2. The molecule has 0 radical (unpaired) electrons. The Morgan fingerprint density at radius 2 is 1.69 bits per heavy atom. The number of phenols is 2. The van der Waals surface area contributed by atoms with Crippen LogP contribution >= 0.6 is 11.8 Å². The number of hydrogen-bond acceptors (Lipinski definition) is 6. The van der Waals surface area contributed by atoms with E-state index >= 15 is 0 Å². The molecule has 0 bridgehead atoms. The normalized spacial score (nSPS) is 25.0. The second-order valence-corrected chi connectivity index (χ2v) is 14.0. The molecule has 0 aliphatic carbocycles.